The van der Waals surface area contributed by atoms with Crippen LogP contribution < -0.4 is 5.32 Å². The minimum absolute atomic E-state index is 0.0906. The van der Waals surface area contributed by atoms with Gasteiger partial charge in [-0.25, -0.2) is 8.42 Å². The smallest absolute Gasteiger partial charge is 0.243 e. The van der Waals surface area contributed by atoms with E-state index in [4.69, 9.17) is 0 Å². The minimum atomic E-state index is -3.52. The fraction of sp³-hybridized carbons (Fsp3) is 0.500. The molecule has 1 amide bonds. The van der Waals surface area contributed by atoms with E-state index in [0.29, 0.717) is 31.2 Å². The average molecular weight is 470 g/mol. The number of nitrogens with zero attached hydrogens (tertiary/aromatic N) is 2. The van der Waals surface area contributed by atoms with Crippen molar-refractivity contribution in [3.63, 3.8) is 0 Å². The van der Waals surface area contributed by atoms with Gasteiger partial charge in [-0.15, -0.1) is 0 Å². The van der Waals surface area contributed by atoms with Crippen LogP contribution in [0.25, 0.3) is 0 Å². The predicted molar refractivity (Wildman–Crippen MR) is 132 cm³/mol. The Bertz CT molecular complexity index is 1040. The zero-order chi connectivity index (χ0) is 23.3. The fourth-order valence-electron chi connectivity index (χ4n) is 4.84. The number of nitrogens with one attached hydrogen (secondary N) is 1. The topological polar surface area (TPSA) is 69.7 Å². The van der Waals surface area contributed by atoms with Crippen molar-refractivity contribution in [3.8, 4) is 0 Å². The first-order chi connectivity index (χ1) is 15.9. The number of aryl methyl sites for hydroxylation is 1. The highest BCUT2D eigenvalue weighted by Gasteiger charge is 2.27. The highest BCUT2D eigenvalue weighted by atomic mass is 32.2. The van der Waals surface area contributed by atoms with Crippen molar-refractivity contribution < 1.29 is 13.2 Å². The molecule has 0 atom stereocenters. The van der Waals surface area contributed by atoms with Crippen LogP contribution in [0.5, 0.6) is 0 Å². The summed E-state index contributed by atoms with van der Waals surface area (Å²) in [5, 5.41) is 2.96. The molecule has 2 aliphatic rings. The molecule has 0 aromatic heterocycles. The number of sulfonamides is 1. The van der Waals surface area contributed by atoms with E-state index in [1.54, 1.807) is 22.5 Å². The number of benzene rings is 2. The fourth-order valence-corrected chi connectivity index (χ4v) is 6.38. The van der Waals surface area contributed by atoms with Gasteiger partial charge in [0.25, 0.3) is 0 Å². The number of piperidine rings is 2. The second kappa shape index (κ2) is 10.8. The molecule has 33 heavy (non-hydrogen) atoms. The Morgan fingerprint density at radius 2 is 1.67 bits per heavy atom. The van der Waals surface area contributed by atoms with E-state index in [-0.39, 0.29) is 10.8 Å². The molecule has 6 nitrogen and oxygen atoms in total. The van der Waals surface area contributed by atoms with E-state index < -0.39 is 10.0 Å². The molecule has 2 saturated heterocycles. The van der Waals surface area contributed by atoms with Crippen LogP contribution in [0.1, 0.15) is 43.2 Å². The first-order valence-corrected chi connectivity index (χ1v) is 13.5. The second-order valence-corrected chi connectivity index (χ2v) is 11.3. The van der Waals surface area contributed by atoms with Gasteiger partial charge < -0.3 is 5.32 Å². The molecule has 1 N–H and O–H groups in total. The summed E-state index contributed by atoms with van der Waals surface area (Å²) in [5.41, 5.74) is 2.82. The number of amides is 1. The van der Waals surface area contributed by atoms with Crippen LogP contribution in [0.4, 0.5) is 5.69 Å². The Labute approximate surface area is 198 Å². The molecule has 2 fully saturated rings. The molecule has 0 aliphatic carbocycles. The number of hydrogen-bond donors (Lipinski definition) is 1. The third-order valence-electron chi connectivity index (χ3n) is 6.88. The van der Waals surface area contributed by atoms with Crippen molar-refractivity contribution in [2.75, 3.05) is 38.0 Å². The van der Waals surface area contributed by atoms with Gasteiger partial charge in [-0.3, -0.25) is 9.69 Å². The van der Waals surface area contributed by atoms with Gasteiger partial charge in [0.15, 0.2) is 0 Å². The number of rotatable bonds is 7. The van der Waals surface area contributed by atoms with Crippen molar-refractivity contribution in [1.29, 1.82) is 0 Å². The van der Waals surface area contributed by atoms with Crippen LogP contribution in [-0.2, 0) is 21.2 Å². The number of anilines is 1. The van der Waals surface area contributed by atoms with Gasteiger partial charge in [0, 0.05) is 18.8 Å². The molecule has 0 saturated carbocycles. The summed E-state index contributed by atoms with van der Waals surface area (Å²) in [7, 11) is -3.52. The molecule has 2 heterocycles. The highest BCUT2D eigenvalue weighted by Crippen LogP contribution is 2.26. The molecule has 7 heteroatoms. The Kier molecular flexibility index (Phi) is 7.83. The van der Waals surface area contributed by atoms with E-state index in [1.165, 1.54) is 5.56 Å². The molecule has 0 radical (unpaired) electrons. The van der Waals surface area contributed by atoms with E-state index in [1.807, 2.05) is 13.0 Å². The summed E-state index contributed by atoms with van der Waals surface area (Å²) in [6, 6.07) is 15.6. The molecule has 0 bridgehead atoms. The maximum absolute atomic E-state index is 13.0. The molecule has 2 aromatic rings. The summed E-state index contributed by atoms with van der Waals surface area (Å²) >= 11 is 0. The SMILES string of the molecule is Cc1ccc(S(=O)(=O)N2CCCCC2)cc1NC(=O)CN1CCC(Cc2ccccc2)CC1. The van der Waals surface area contributed by atoms with Crippen LogP contribution in [0.15, 0.2) is 53.4 Å². The van der Waals surface area contributed by atoms with E-state index in [2.05, 4.69) is 34.5 Å². The molecule has 0 spiro atoms. The van der Waals surface area contributed by atoms with Crippen molar-refractivity contribution in [1.82, 2.24) is 9.21 Å². The molecule has 2 aliphatic heterocycles. The van der Waals surface area contributed by atoms with Crippen molar-refractivity contribution in [2.24, 2.45) is 5.92 Å². The van der Waals surface area contributed by atoms with Gasteiger partial charge in [0.05, 0.1) is 11.4 Å². The van der Waals surface area contributed by atoms with Crippen LogP contribution in [-0.4, -0.2) is 56.3 Å². The molecule has 4 rings (SSSR count). The summed E-state index contributed by atoms with van der Waals surface area (Å²) in [6.07, 6.45) is 6.14. The number of carbonyl (C=O) groups excluding carboxylic acids is 1. The first-order valence-electron chi connectivity index (χ1n) is 12.1. The van der Waals surface area contributed by atoms with E-state index >= 15 is 0 Å². The Balaban J connectivity index is 1.32. The summed E-state index contributed by atoms with van der Waals surface area (Å²) in [6.45, 7) is 5.18. The van der Waals surface area contributed by atoms with Gasteiger partial charge >= 0.3 is 0 Å². The predicted octanol–water partition coefficient (Wildman–Crippen LogP) is 4.06. The monoisotopic (exact) mass is 469 g/mol. The van der Waals surface area contributed by atoms with Gasteiger partial charge in [0.1, 0.15) is 0 Å². The second-order valence-electron chi connectivity index (χ2n) is 9.40. The maximum Gasteiger partial charge on any atom is 0.243 e. The summed E-state index contributed by atoms with van der Waals surface area (Å²) in [5.74, 6) is 0.567. The standard InChI is InChI=1S/C26H35N3O3S/c1-21-10-11-24(33(31,32)29-14-6-3-7-15-29)19-25(21)27-26(30)20-28-16-12-23(13-17-28)18-22-8-4-2-5-9-22/h2,4-5,8-11,19,23H,3,6-7,12-18,20H2,1H3,(H,27,30). The van der Waals surface area contributed by atoms with Gasteiger partial charge in [0.2, 0.25) is 15.9 Å². The lowest BCUT2D eigenvalue weighted by atomic mass is 9.90. The number of likely N-dealkylation sites (tertiary alicyclic amines) is 1. The first kappa shape index (κ1) is 23.9. The van der Waals surface area contributed by atoms with Crippen molar-refractivity contribution in [3.05, 3.63) is 59.7 Å². The van der Waals surface area contributed by atoms with Crippen LogP contribution in [0.2, 0.25) is 0 Å². The normalized spacial score (nSPS) is 18.8. The van der Waals surface area contributed by atoms with Crippen LogP contribution >= 0.6 is 0 Å². The third kappa shape index (κ3) is 6.22. The minimum Gasteiger partial charge on any atom is -0.325 e. The van der Waals surface area contributed by atoms with E-state index in [9.17, 15) is 13.2 Å². The quantitative estimate of drug-likeness (QED) is 0.664. The highest BCUT2D eigenvalue weighted by molar-refractivity contribution is 7.89. The molecule has 0 unspecified atom stereocenters. The Morgan fingerprint density at radius 3 is 2.36 bits per heavy atom. The molecular weight excluding hydrogens is 434 g/mol. The third-order valence-corrected chi connectivity index (χ3v) is 8.77. The lowest BCUT2D eigenvalue weighted by molar-refractivity contribution is -0.117. The maximum atomic E-state index is 13.0. The lowest BCUT2D eigenvalue weighted by Gasteiger charge is -2.31. The lowest BCUT2D eigenvalue weighted by Crippen LogP contribution is -2.39. The van der Waals surface area contributed by atoms with Gasteiger partial charge in [-0.2, -0.15) is 4.31 Å². The zero-order valence-corrected chi connectivity index (χ0v) is 20.3. The Hall–Kier alpha value is -2.22. The van der Waals surface area contributed by atoms with Crippen LogP contribution in [0.3, 0.4) is 0 Å². The Morgan fingerprint density at radius 1 is 0.970 bits per heavy atom. The van der Waals surface area contributed by atoms with Crippen molar-refractivity contribution in [2.45, 2.75) is 50.3 Å². The number of carbonyl (C=O) groups is 1. The van der Waals surface area contributed by atoms with E-state index in [0.717, 1.165) is 57.2 Å². The van der Waals surface area contributed by atoms with Crippen LogP contribution in [0, 0.1) is 12.8 Å². The summed E-state index contributed by atoms with van der Waals surface area (Å²) in [4.78, 5) is 15.2. The molecular formula is C26H35N3O3S. The zero-order valence-electron chi connectivity index (χ0n) is 19.5. The van der Waals surface area contributed by atoms with Crippen molar-refractivity contribution >= 4 is 21.6 Å². The summed E-state index contributed by atoms with van der Waals surface area (Å²) < 4.78 is 27.6. The van der Waals surface area contributed by atoms with Gasteiger partial charge in [-0.05, 0) is 81.3 Å². The average Bonchev–Trinajstić information content (AvgIpc) is 2.83. The molecule has 2 aromatic carbocycles. The number of hydrogen-bond acceptors (Lipinski definition) is 4. The molecule has 178 valence electrons. The van der Waals surface area contributed by atoms with Gasteiger partial charge in [-0.1, -0.05) is 42.8 Å². The largest absolute Gasteiger partial charge is 0.325 e.